The van der Waals surface area contributed by atoms with Crippen LogP contribution in [0.3, 0.4) is 0 Å². The molecular weight excluding hydrogens is 706 g/mol. The van der Waals surface area contributed by atoms with Crippen molar-refractivity contribution in [3.63, 3.8) is 0 Å². The average molecular weight is 748 g/mol. The summed E-state index contributed by atoms with van der Waals surface area (Å²) in [5.41, 5.74) is 2.74. The van der Waals surface area contributed by atoms with Gasteiger partial charge in [0.2, 0.25) is 0 Å². The first-order valence-electron chi connectivity index (χ1n) is 16.1. The number of carbonyl (C=O) groups excluding carboxylic acids is 3. The van der Waals surface area contributed by atoms with Crippen molar-refractivity contribution in [2.24, 2.45) is 0 Å². The minimum atomic E-state index is -0.989. The summed E-state index contributed by atoms with van der Waals surface area (Å²) < 4.78 is 7.01. The molecule has 0 saturated carbocycles. The predicted octanol–water partition coefficient (Wildman–Crippen LogP) is 5.61. The molecule has 4 aliphatic heterocycles. The number of piperidine rings is 2. The highest BCUT2D eigenvalue weighted by Crippen LogP contribution is 2.34. The van der Waals surface area contributed by atoms with Crippen LogP contribution in [0.25, 0.3) is 0 Å². The molecule has 0 aliphatic carbocycles. The summed E-state index contributed by atoms with van der Waals surface area (Å²) in [6.07, 6.45) is 5.08. The van der Waals surface area contributed by atoms with E-state index in [0.717, 1.165) is 49.2 Å². The highest BCUT2D eigenvalue weighted by molar-refractivity contribution is 9.11. The van der Waals surface area contributed by atoms with Crippen molar-refractivity contribution in [1.82, 2.24) is 19.6 Å². The number of carbonyl (C=O) groups is 3. The summed E-state index contributed by atoms with van der Waals surface area (Å²) >= 11 is 6.76. The number of nitrogens with zero attached hydrogens (tertiary/aromatic N) is 4. The number of benzene rings is 2. The van der Waals surface area contributed by atoms with Crippen LogP contribution in [0.2, 0.25) is 0 Å². The quantitative estimate of drug-likeness (QED) is 0.399. The van der Waals surface area contributed by atoms with Crippen molar-refractivity contribution in [2.45, 2.75) is 69.6 Å². The molecule has 0 bridgehead atoms. The van der Waals surface area contributed by atoms with Gasteiger partial charge in [0.05, 0.1) is 8.95 Å². The van der Waals surface area contributed by atoms with Crippen molar-refractivity contribution in [3.05, 3.63) is 56.5 Å². The van der Waals surface area contributed by atoms with E-state index in [0.29, 0.717) is 60.6 Å². The number of phenolic OH excluding ortho intramolecular Hbond substituents is 1. The third-order valence-corrected chi connectivity index (χ3v) is 11.0. The minimum absolute atomic E-state index is 0.0180. The van der Waals surface area contributed by atoms with E-state index < -0.39 is 12.2 Å². The summed E-state index contributed by atoms with van der Waals surface area (Å²) in [6.45, 7) is 5.07. The number of urea groups is 1. The number of likely N-dealkylation sites (tertiary alicyclic amines) is 3. The molecule has 242 valence electrons. The summed E-state index contributed by atoms with van der Waals surface area (Å²) in [7, 11) is 0. The number of hydrogen-bond donors (Lipinski definition) is 2. The van der Waals surface area contributed by atoms with Crippen LogP contribution in [0.1, 0.15) is 49.7 Å². The van der Waals surface area contributed by atoms with Crippen molar-refractivity contribution in [1.29, 1.82) is 0 Å². The van der Waals surface area contributed by atoms with Gasteiger partial charge in [0.25, 0.3) is 5.91 Å². The molecule has 4 aliphatic rings. The molecule has 4 heterocycles. The van der Waals surface area contributed by atoms with E-state index in [1.807, 2.05) is 34.1 Å². The van der Waals surface area contributed by atoms with Gasteiger partial charge in [0, 0.05) is 56.9 Å². The summed E-state index contributed by atoms with van der Waals surface area (Å²) in [4.78, 5) is 48.4. The standard InChI is InChI=1S/C33H41Br2N5O5/c34-26-19-22(20-27(35)30(26)41)21-29(31(42)38-14-8-24(9-15-38)37-12-3-4-13-37)45-33(44)39-16-10-25(11-17-39)40-18-7-23-5-1-2-6-28(23)36-32(40)43/h1-2,5-6,19-20,24-25,29,41H,3-4,7-18,21H2,(H,36,43)/t29-/m1/s1. The first-order chi connectivity index (χ1) is 21.8. The Morgan fingerprint density at radius 2 is 1.51 bits per heavy atom. The van der Waals surface area contributed by atoms with E-state index in [2.05, 4.69) is 42.1 Å². The fourth-order valence-corrected chi connectivity index (χ4v) is 8.47. The average Bonchev–Trinajstić information content (AvgIpc) is 3.53. The summed E-state index contributed by atoms with van der Waals surface area (Å²) in [6, 6.07) is 11.8. The summed E-state index contributed by atoms with van der Waals surface area (Å²) in [5, 5.41) is 13.2. The molecule has 0 spiro atoms. The Hall–Kier alpha value is -2.83. The SMILES string of the molecule is O=C(O[C@H](Cc1cc(Br)c(O)c(Br)c1)C(=O)N1CCC(N2CCCC2)CC1)N1CCC(N2CCc3ccccc3NC2=O)CC1. The highest BCUT2D eigenvalue weighted by atomic mass is 79.9. The van der Waals surface area contributed by atoms with Crippen LogP contribution >= 0.6 is 31.9 Å². The van der Waals surface area contributed by atoms with Crippen molar-refractivity contribution in [2.75, 3.05) is 51.1 Å². The van der Waals surface area contributed by atoms with Crippen molar-refractivity contribution < 1.29 is 24.2 Å². The van der Waals surface area contributed by atoms with Gasteiger partial charge < -0.3 is 34.8 Å². The lowest BCUT2D eigenvalue weighted by atomic mass is 10.0. The van der Waals surface area contributed by atoms with Crippen LogP contribution in [0, 0.1) is 0 Å². The number of hydrogen-bond acceptors (Lipinski definition) is 6. The molecular formula is C33H41Br2N5O5. The van der Waals surface area contributed by atoms with Crippen LogP contribution in [-0.4, -0.2) is 107 Å². The maximum absolute atomic E-state index is 13.9. The first kappa shape index (κ1) is 32.1. The zero-order valence-electron chi connectivity index (χ0n) is 25.4. The Morgan fingerprint density at radius 1 is 0.889 bits per heavy atom. The molecule has 2 aromatic carbocycles. The molecule has 2 aromatic rings. The van der Waals surface area contributed by atoms with Crippen molar-refractivity contribution in [3.8, 4) is 5.75 Å². The van der Waals surface area contributed by atoms with Gasteiger partial charge in [-0.15, -0.1) is 0 Å². The van der Waals surface area contributed by atoms with Crippen LogP contribution in [0.15, 0.2) is 45.3 Å². The van der Waals surface area contributed by atoms with Crippen LogP contribution in [-0.2, 0) is 22.4 Å². The third-order valence-electron chi connectivity index (χ3n) is 9.75. The normalized spacial score (nSPS) is 20.8. The van der Waals surface area contributed by atoms with E-state index in [1.54, 1.807) is 17.0 Å². The number of ether oxygens (including phenoxy) is 1. The molecule has 3 saturated heterocycles. The van der Waals surface area contributed by atoms with Crippen molar-refractivity contribution >= 4 is 55.6 Å². The second-order valence-electron chi connectivity index (χ2n) is 12.5. The van der Waals surface area contributed by atoms with E-state index in [4.69, 9.17) is 4.74 Å². The molecule has 45 heavy (non-hydrogen) atoms. The second-order valence-corrected chi connectivity index (χ2v) is 14.2. The molecule has 2 N–H and O–H groups in total. The monoisotopic (exact) mass is 745 g/mol. The number of para-hydroxylation sites is 1. The number of halogens is 2. The fourth-order valence-electron chi connectivity index (χ4n) is 7.19. The Morgan fingerprint density at radius 3 is 2.20 bits per heavy atom. The van der Waals surface area contributed by atoms with E-state index in [1.165, 1.54) is 12.8 Å². The minimum Gasteiger partial charge on any atom is -0.506 e. The number of anilines is 1. The zero-order valence-corrected chi connectivity index (χ0v) is 28.6. The lowest BCUT2D eigenvalue weighted by molar-refractivity contribution is -0.142. The topological polar surface area (TPSA) is 106 Å². The second kappa shape index (κ2) is 14.3. The molecule has 10 nitrogen and oxygen atoms in total. The Kier molecular flexibility index (Phi) is 10.2. The number of rotatable bonds is 6. The molecule has 0 radical (unpaired) electrons. The number of amides is 4. The number of nitrogens with one attached hydrogen (secondary N) is 1. The summed E-state index contributed by atoms with van der Waals surface area (Å²) in [5.74, 6) is -0.105. The maximum Gasteiger partial charge on any atom is 0.410 e. The molecule has 3 fully saturated rings. The number of fused-ring (bicyclic) bond motifs is 1. The lowest BCUT2D eigenvalue weighted by Gasteiger charge is -2.39. The molecule has 0 unspecified atom stereocenters. The van der Waals surface area contributed by atoms with Crippen LogP contribution < -0.4 is 5.32 Å². The van der Waals surface area contributed by atoms with Gasteiger partial charge in [-0.25, -0.2) is 9.59 Å². The van der Waals surface area contributed by atoms with E-state index in [9.17, 15) is 19.5 Å². The molecule has 0 aromatic heterocycles. The zero-order chi connectivity index (χ0) is 31.5. The number of aromatic hydroxyl groups is 1. The molecule has 12 heteroatoms. The first-order valence-corrected chi connectivity index (χ1v) is 17.7. The predicted molar refractivity (Wildman–Crippen MR) is 178 cm³/mol. The van der Waals surface area contributed by atoms with E-state index >= 15 is 0 Å². The van der Waals surface area contributed by atoms with Gasteiger partial charge in [0.15, 0.2) is 6.10 Å². The van der Waals surface area contributed by atoms with E-state index in [-0.39, 0.29) is 30.2 Å². The van der Waals surface area contributed by atoms with Gasteiger partial charge in [-0.1, -0.05) is 18.2 Å². The van der Waals surface area contributed by atoms with Gasteiger partial charge >= 0.3 is 12.1 Å². The van der Waals surface area contributed by atoms with Gasteiger partial charge in [-0.2, -0.15) is 0 Å². The van der Waals surface area contributed by atoms with Crippen LogP contribution in [0.4, 0.5) is 15.3 Å². The van der Waals surface area contributed by atoms with Crippen LogP contribution in [0.5, 0.6) is 5.75 Å². The Balaban J connectivity index is 1.09. The Bertz CT molecular complexity index is 1380. The molecule has 1 atom stereocenters. The lowest BCUT2D eigenvalue weighted by Crippen LogP contribution is -2.52. The largest absolute Gasteiger partial charge is 0.506 e. The van der Waals surface area contributed by atoms with Gasteiger partial charge in [0.1, 0.15) is 5.75 Å². The third kappa shape index (κ3) is 7.44. The highest BCUT2D eigenvalue weighted by Gasteiger charge is 2.36. The van der Waals surface area contributed by atoms with Gasteiger partial charge in [-0.05, 0) is 119 Å². The Labute approximate surface area is 281 Å². The molecule has 4 amide bonds. The number of phenols is 1. The fraction of sp³-hybridized carbons (Fsp3) is 0.545. The molecule has 6 rings (SSSR count). The smallest absolute Gasteiger partial charge is 0.410 e. The van der Waals surface area contributed by atoms with Gasteiger partial charge in [-0.3, -0.25) is 4.79 Å². The maximum atomic E-state index is 13.9.